The molecule has 28 heavy (non-hydrogen) atoms. The summed E-state index contributed by atoms with van der Waals surface area (Å²) in [5.41, 5.74) is 2.74. The number of carbonyl (C=O) groups excluding carboxylic acids is 1. The van der Waals surface area contributed by atoms with Crippen molar-refractivity contribution in [3.63, 3.8) is 0 Å². The van der Waals surface area contributed by atoms with Crippen molar-refractivity contribution in [1.82, 2.24) is 4.98 Å². The summed E-state index contributed by atoms with van der Waals surface area (Å²) < 4.78 is 10.6. The number of pyridine rings is 1. The third-order valence-electron chi connectivity index (χ3n) is 4.59. The minimum Gasteiger partial charge on any atom is -0.454 e. The highest BCUT2D eigenvalue weighted by molar-refractivity contribution is 6.04. The first-order valence-electron chi connectivity index (χ1n) is 9.19. The molecule has 3 aromatic rings. The fourth-order valence-corrected chi connectivity index (χ4v) is 3.06. The van der Waals surface area contributed by atoms with Gasteiger partial charge in [0.1, 0.15) is 5.82 Å². The van der Waals surface area contributed by atoms with Crippen LogP contribution in [0.3, 0.4) is 0 Å². The zero-order valence-electron chi connectivity index (χ0n) is 15.6. The average Bonchev–Trinajstić information content (AvgIpc) is 3.21. The van der Waals surface area contributed by atoms with E-state index in [4.69, 9.17) is 9.47 Å². The van der Waals surface area contributed by atoms with Crippen LogP contribution < -0.4 is 19.7 Å². The zero-order valence-corrected chi connectivity index (χ0v) is 15.6. The van der Waals surface area contributed by atoms with Crippen molar-refractivity contribution in [2.45, 2.75) is 13.5 Å². The average molecular weight is 375 g/mol. The number of anilines is 2. The molecule has 0 saturated heterocycles. The van der Waals surface area contributed by atoms with E-state index in [1.165, 1.54) is 5.56 Å². The lowest BCUT2D eigenvalue weighted by atomic mass is 10.2. The largest absolute Gasteiger partial charge is 0.454 e. The number of rotatable bonds is 6. The molecule has 0 fully saturated rings. The molecule has 6 heteroatoms. The first-order valence-corrected chi connectivity index (χ1v) is 9.19. The minimum absolute atomic E-state index is 0.181. The van der Waals surface area contributed by atoms with Crippen LogP contribution in [0.15, 0.2) is 66.9 Å². The van der Waals surface area contributed by atoms with Crippen LogP contribution in [0, 0.1) is 0 Å². The third-order valence-corrected chi connectivity index (χ3v) is 4.59. The molecule has 0 spiro atoms. The summed E-state index contributed by atoms with van der Waals surface area (Å²) in [5, 5.41) is 2.82. The molecule has 6 nitrogen and oxygen atoms in total. The Morgan fingerprint density at radius 1 is 1.07 bits per heavy atom. The number of fused-ring (bicyclic) bond motifs is 1. The predicted molar refractivity (Wildman–Crippen MR) is 108 cm³/mol. The number of amides is 1. The molecule has 1 N–H and O–H groups in total. The van der Waals surface area contributed by atoms with Crippen molar-refractivity contribution in [2.75, 3.05) is 23.6 Å². The molecule has 1 aliphatic rings. The number of carbonyl (C=O) groups is 1. The fourth-order valence-electron chi connectivity index (χ4n) is 3.06. The van der Waals surface area contributed by atoms with E-state index in [0.29, 0.717) is 22.9 Å². The van der Waals surface area contributed by atoms with E-state index in [9.17, 15) is 4.79 Å². The normalized spacial score (nSPS) is 11.9. The standard InChI is InChI=1S/C22H21N3O3/c1-2-25(14-16-6-4-3-5-7-16)18-9-11-21(23-13-18)24-22(26)17-8-10-19-20(12-17)28-15-27-19/h3-13H,2,14-15H2,1H3,(H,23,24,26). The van der Waals surface area contributed by atoms with Crippen LogP contribution >= 0.6 is 0 Å². The first-order chi connectivity index (χ1) is 13.7. The van der Waals surface area contributed by atoms with Gasteiger partial charge in [0.2, 0.25) is 6.79 Å². The summed E-state index contributed by atoms with van der Waals surface area (Å²) in [6.07, 6.45) is 1.78. The Morgan fingerprint density at radius 2 is 1.89 bits per heavy atom. The molecule has 2 heterocycles. The van der Waals surface area contributed by atoms with E-state index < -0.39 is 0 Å². The van der Waals surface area contributed by atoms with Gasteiger partial charge in [0, 0.05) is 18.7 Å². The Balaban J connectivity index is 1.43. The SMILES string of the molecule is CCN(Cc1ccccc1)c1ccc(NC(=O)c2ccc3c(c2)OCO3)nc1. The Hall–Kier alpha value is -3.54. The van der Waals surface area contributed by atoms with E-state index >= 15 is 0 Å². The zero-order chi connectivity index (χ0) is 19.3. The van der Waals surface area contributed by atoms with Crippen molar-refractivity contribution < 1.29 is 14.3 Å². The van der Waals surface area contributed by atoms with E-state index in [1.807, 2.05) is 30.3 Å². The van der Waals surface area contributed by atoms with Gasteiger partial charge in [-0.1, -0.05) is 30.3 Å². The maximum atomic E-state index is 12.5. The fraction of sp³-hybridized carbons (Fsp3) is 0.182. The summed E-state index contributed by atoms with van der Waals surface area (Å²) in [4.78, 5) is 19.1. The second kappa shape index (κ2) is 8.00. The number of benzene rings is 2. The van der Waals surface area contributed by atoms with Gasteiger partial charge in [-0.25, -0.2) is 4.98 Å². The van der Waals surface area contributed by atoms with Gasteiger partial charge in [-0.05, 0) is 42.8 Å². The lowest BCUT2D eigenvalue weighted by Gasteiger charge is -2.23. The summed E-state index contributed by atoms with van der Waals surface area (Å²) in [6.45, 7) is 3.96. The van der Waals surface area contributed by atoms with Gasteiger partial charge in [-0.2, -0.15) is 0 Å². The number of aromatic nitrogens is 1. The topological polar surface area (TPSA) is 63.7 Å². The Kier molecular flexibility index (Phi) is 5.10. The molecule has 142 valence electrons. The molecular formula is C22H21N3O3. The highest BCUT2D eigenvalue weighted by Crippen LogP contribution is 2.32. The molecule has 2 aromatic carbocycles. The van der Waals surface area contributed by atoms with E-state index in [2.05, 4.69) is 34.3 Å². The molecule has 1 amide bonds. The highest BCUT2D eigenvalue weighted by Gasteiger charge is 2.16. The molecular weight excluding hydrogens is 354 g/mol. The second-order valence-electron chi connectivity index (χ2n) is 6.42. The second-order valence-corrected chi connectivity index (χ2v) is 6.42. The van der Waals surface area contributed by atoms with Crippen LogP contribution in [0.5, 0.6) is 11.5 Å². The summed E-state index contributed by atoms with van der Waals surface area (Å²) in [7, 11) is 0. The predicted octanol–water partition coefficient (Wildman–Crippen LogP) is 4.09. The van der Waals surface area contributed by atoms with Crippen LogP contribution in [-0.2, 0) is 6.54 Å². The molecule has 4 rings (SSSR count). The molecule has 0 atom stereocenters. The van der Waals surface area contributed by atoms with Gasteiger partial charge in [-0.15, -0.1) is 0 Å². The van der Waals surface area contributed by atoms with Crippen molar-refractivity contribution in [1.29, 1.82) is 0 Å². The first kappa shape index (κ1) is 17.9. The van der Waals surface area contributed by atoms with E-state index in [-0.39, 0.29) is 12.7 Å². The molecule has 0 bridgehead atoms. The maximum absolute atomic E-state index is 12.5. The van der Waals surface area contributed by atoms with Gasteiger partial charge < -0.3 is 19.7 Å². The quantitative estimate of drug-likeness (QED) is 0.703. The number of hydrogen-bond acceptors (Lipinski definition) is 5. The van der Waals surface area contributed by atoms with Crippen LogP contribution in [0.1, 0.15) is 22.8 Å². The highest BCUT2D eigenvalue weighted by atomic mass is 16.7. The summed E-state index contributed by atoms with van der Waals surface area (Å²) in [6, 6.07) is 19.2. The van der Waals surface area contributed by atoms with E-state index in [0.717, 1.165) is 18.8 Å². The summed E-state index contributed by atoms with van der Waals surface area (Å²) in [5.74, 6) is 1.49. The van der Waals surface area contributed by atoms with Gasteiger partial charge in [0.05, 0.1) is 11.9 Å². The van der Waals surface area contributed by atoms with Gasteiger partial charge >= 0.3 is 0 Å². The van der Waals surface area contributed by atoms with Crippen LogP contribution in [0.25, 0.3) is 0 Å². The lowest BCUT2D eigenvalue weighted by molar-refractivity contribution is 0.102. The third kappa shape index (κ3) is 3.91. The number of ether oxygens (including phenoxy) is 2. The van der Waals surface area contributed by atoms with Crippen LogP contribution in [0.4, 0.5) is 11.5 Å². The molecule has 0 saturated carbocycles. The van der Waals surface area contributed by atoms with Gasteiger partial charge in [0.25, 0.3) is 5.91 Å². The molecule has 0 unspecified atom stereocenters. The summed E-state index contributed by atoms with van der Waals surface area (Å²) >= 11 is 0. The molecule has 1 aliphatic heterocycles. The number of nitrogens with zero attached hydrogens (tertiary/aromatic N) is 2. The molecule has 0 radical (unpaired) electrons. The smallest absolute Gasteiger partial charge is 0.256 e. The Morgan fingerprint density at radius 3 is 2.64 bits per heavy atom. The lowest BCUT2D eigenvalue weighted by Crippen LogP contribution is -2.22. The van der Waals surface area contributed by atoms with Crippen molar-refractivity contribution in [3.8, 4) is 11.5 Å². The van der Waals surface area contributed by atoms with Crippen molar-refractivity contribution in [2.24, 2.45) is 0 Å². The number of hydrogen-bond donors (Lipinski definition) is 1. The van der Waals surface area contributed by atoms with Gasteiger partial charge in [0.15, 0.2) is 11.5 Å². The maximum Gasteiger partial charge on any atom is 0.256 e. The van der Waals surface area contributed by atoms with Gasteiger partial charge in [-0.3, -0.25) is 4.79 Å². The molecule has 1 aromatic heterocycles. The van der Waals surface area contributed by atoms with Crippen LogP contribution in [0.2, 0.25) is 0 Å². The van der Waals surface area contributed by atoms with Crippen LogP contribution in [-0.4, -0.2) is 24.2 Å². The monoisotopic (exact) mass is 375 g/mol. The van der Waals surface area contributed by atoms with E-state index in [1.54, 1.807) is 24.4 Å². The Bertz CT molecular complexity index is 959. The molecule has 0 aliphatic carbocycles. The number of nitrogens with one attached hydrogen (secondary N) is 1. The Labute approximate surface area is 163 Å². The van der Waals surface area contributed by atoms with Crippen molar-refractivity contribution >= 4 is 17.4 Å². The minimum atomic E-state index is -0.241. The van der Waals surface area contributed by atoms with Crippen molar-refractivity contribution in [3.05, 3.63) is 78.0 Å².